The average molecular weight is 705 g/mol. The lowest BCUT2D eigenvalue weighted by Crippen LogP contribution is -2.62. The van der Waals surface area contributed by atoms with Gasteiger partial charge in [-0.2, -0.15) is 0 Å². The molecule has 5 N–H and O–H groups in total. The molecule has 0 bridgehead atoms. The van der Waals surface area contributed by atoms with Gasteiger partial charge in [0.05, 0.1) is 25.8 Å². The Bertz CT molecular complexity index is 1840. The van der Waals surface area contributed by atoms with Gasteiger partial charge < -0.3 is 25.6 Å². The van der Waals surface area contributed by atoms with Crippen LogP contribution in [-0.2, 0) is 33.7 Å². The number of methoxy groups -OCH3 is 1. The number of nitrogens with one attached hydrogen (secondary N) is 3. The number of hydrazine groups is 1. The number of alkyl carbamates (subject to hydrolysis) is 1. The van der Waals surface area contributed by atoms with Crippen molar-refractivity contribution in [3.8, 4) is 0 Å². The van der Waals surface area contributed by atoms with Crippen molar-refractivity contribution in [3.63, 3.8) is 0 Å². The van der Waals surface area contributed by atoms with E-state index in [9.17, 15) is 24.6 Å². The van der Waals surface area contributed by atoms with Crippen molar-refractivity contribution in [2.75, 3.05) is 13.7 Å². The Kier molecular flexibility index (Phi) is 12.3. The number of benzene rings is 4. The minimum Gasteiger partial charge on any atom is -0.453 e. The first-order valence-electron chi connectivity index (χ1n) is 17.4. The molecule has 0 unspecified atom stereocenters. The highest BCUT2D eigenvalue weighted by atomic mass is 16.5. The summed E-state index contributed by atoms with van der Waals surface area (Å²) in [6.07, 6.45) is 2.68. The van der Waals surface area contributed by atoms with Gasteiger partial charge in [0.2, 0.25) is 0 Å². The van der Waals surface area contributed by atoms with Crippen molar-refractivity contribution in [2.45, 2.75) is 63.9 Å². The Labute approximate surface area is 305 Å². The van der Waals surface area contributed by atoms with E-state index < -0.39 is 47.1 Å². The third-order valence-corrected chi connectivity index (χ3v) is 9.17. The number of ether oxygens (including phenoxy) is 1. The molecule has 0 aliphatic heterocycles. The van der Waals surface area contributed by atoms with Crippen molar-refractivity contribution in [1.29, 1.82) is 0 Å². The highest BCUT2D eigenvalue weighted by molar-refractivity contribution is 5.87. The first-order valence-corrected chi connectivity index (χ1v) is 17.4. The third-order valence-electron chi connectivity index (χ3n) is 9.17. The van der Waals surface area contributed by atoms with Crippen LogP contribution in [0.25, 0.3) is 12.2 Å². The number of carbonyl (C=O) groups excluding carboxylic acids is 3. The molecule has 272 valence electrons. The summed E-state index contributed by atoms with van der Waals surface area (Å²) in [6, 6.07) is 32.6. The van der Waals surface area contributed by atoms with Crippen LogP contribution < -0.4 is 16.1 Å². The van der Waals surface area contributed by atoms with Crippen LogP contribution in [-0.4, -0.2) is 64.5 Å². The second-order valence-electron chi connectivity index (χ2n) is 14.4. The van der Waals surface area contributed by atoms with Crippen molar-refractivity contribution >= 4 is 30.1 Å². The molecule has 10 heteroatoms. The van der Waals surface area contributed by atoms with Gasteiger partial charge in [0.1, 0.15) is 6.04 Å². The Morgan fingerprint density at radius 2 is 1.44 bits per heavy atom. The number of rotatable bonds is 13. The third kappa shape index (κ3) is 9.94. The van der Waals surface area contributed by atoms with Gasteiger partial charge in [-0.15, -0.1) is 0 Å². The zero-order valence-corrected chi connectivity index (χ0v) is 30.1. The van der Waals surface area contributed by atoms with Crippen molar-refractivity contribution < 1.29 is 29.3 Å². The SMILES string of the molecule is COC(=O)N[C@H](C(=O)NN(Cc1ccc(C=Cc2ccccc2)cc1)C[C@@](O)(Cc1ccccc1)C(=O)N[C@H]1c2ccccc2C[C@H]1O)C(C)(C)C. The Morgan fingerprint density at radius 3 is 2.08 bits per heavy atom. The van der Waals surface area contributed by atoms with Crippen LogP contribution in [0.1, 0.15) is 60.2 Å². The number of nitrogens with zero attached hydrogens (tertiary/aromatic N) is 1. The number of aliphatic hydroxyl groups is 2. The molecule has 0 fully saturated rings. The van der Waals surface area contributed by atoms with Gasteiger partial charge in [0, 0.05) is 19.4 Å². The highest BCUT2D eigenvalue weighted by Gasteiger charge is 2.43. The molecule has 1 aliphatic rings. The molecule has 0 saturated heterocycles. The Hall–Kier alpha value is -5.29. The van der Waals surface area contributed by atoms with Crippen molar-refractivity contribution in [2.24, 2.45) is 5.41 Å². The molecule has 10 nitrogen and oxygen atoms in total. The summed E-state index contributed by atoms with van der Waals surface area (Å²) in [5, 5.41) is 30.4. The second kappa shape index (κ2) is 16.8. The van der Waals surface area contributed by atoms with E-state index in [1.165, 1.54) is 12.1 Å². The van der Waals surface area contributed by atoms with Crippen LogP contribution in [0.4, 0.5) is 4.79 Å². The van der Waals surface area contributed by atoms with Gasteiger partial charge in [-0.3, -0.25) is 15.0 Å². The van der Waals surface area contributed by atoms with E-state index in [2.05, 4.69) is 16.1 Å². The number of hydrogen-bond acceptors (Lipinski definition) is 7. The fraction of sp³-hybridized carbons (Fsp3) is 0.310. The van der Waals surface area contributed by atoms with Crippen molar-refractivity contribution in [1.82, 2.24) is 21.1 Å². The fourth-order valence-corrected chi connectivity index (χ4v) is 6.40. The van der Waals surface area contributed by atoms with Gasteiger partial charge in [0.25, 0.3) is 11.8 Å². The number of aliphatic hydroxyl groups excluding tert-OH is 1. The van der Waals surface area contributed by atoms with E-state index in [4.69, 9.17) is 4.74 Å². The first kappa shape index (κ1) is 38.0. The number of amides is 3. The van der Waals surface area contributed by atoms with Crippen LogP contribution in [0.2, 0.25) is 0 Å². The molecule has 52 heavy (non-hydrogen) atoms. The lowest BCUT2D eigenvalue weighted by Gasteiger charge is -2.37. The minimum absolute atomic E-state index is 0.0805. The maximum absolute atomic E-state index is 14.3. The Balaban J connectivity index is 1.45. The van der Waals surface area contributed by atoms with Gasteiger partial charge in [-0.1, -0.05) is 142 Å². The van der Waals surface area contributed by atoms with Crippen LogP contribution in [0.3, 0.4) is 0 Å². The van der Waals surface area contributed by atoms with E-state index in [-0.39, 0.29) is 19.5 Å². The normalized spacial score (nSPS) is 17.2. The summed E-state index contributed by atoms with van der Waals surface area (Å²) in [6.45, 7) is 5.22. The minimum atomic E-state index is -2.07. The van der Waals surface area contributed by atoms with E-state index in [1.54, 1.807) is 0 Å². The van der Waals surface area contributed by atoms with Gasteiger partial charge >= 0.3 is 6.09 Å². The monoisotopic (exact) mass is 704 g/mol. The van der Waals surface area contributed by atoms with Crippen LogP contribution in [0, 0.1) is 5.41 Å². The smallest absolute Gasteiger partial charge is 0.407 e. The lowest BCUT2D eigenvalue weighted by molar-refractivity contribution is -0.147. The first-order chi connectivity index (χ1) is 24.8. The highest BCUT2D eigenvalue weighted by Crippen LogP contribution is 2.32. The maximum atomic E-state index is 14.3. The summed E-state index contributed by atoms with van der Waals surface area (Å²) in [5.74, 6) is -1.25. The summed E-state index contributed by atoms with van der Waals surface area (Å²) in [4.78, 5) is 40.5. The summed E-state index contributed by atoms with van der Waals surface area (Å²) in [5.41, 5.74) is 5.36. The molecule has 0 radical (unpaired) electrons. The van der Waals surface area contributed by atoms with Crippen LogP contribution >= 0.6 is 0 Å². The molecule has 3 amide bonds. The number of hydrogen-bond donors (Lipinski definition) is 5. The molecule has 0 heterocycles. The van der Waals surface area contributed by atoms with Crippen LogP contribution in [0.5, 0.6) is 0 Å². The fourth-order valence-electron chi connectivity index (χ4n) is 6.40. The second-order valence-corrected chi connectivity index (χ2v) is 14.4. The molecule has 4 aromatic carbocycles. The van der Waals surface area contributed by atoms with Crippen LogP contribution in [0.15, 0.2) is 109 Å². The summed E-state index contributed by atoms with van der Waals surface area (Å²) in [7, 11) is 1.22. The average Bonchev–Trinajstić information content (AvgIpc) is 3.44. The van der Waals surface area contributed by atoms with E-state index in [0.717, 1.165) is 27.8 Å². The molecule has 1 aliphatic carbocycles. The standard InChI is InChI=1S/C42H48N4O6/c1-41(2,3)37(44-40(50)52-4)38(48)45-46(27-32-23-21-30(22-24-32)20-19-29-13-7-5-8-14-29)28-42(51,26-31-15-9-6-10-16-31)39(49)43-36-34-18-12-11-17-33(34)25-35(36)47/h5-24,35-37,47,51H,25-28H2,1-4H3,(H,43,49)(H,44,50)(H,45,48)/t35-,36+,37-,42+/m1/s1. The predicted molar refractivity (Wildman–Crippen MR) is 201 cm³/mol. The number of carbonyl (C=O) groups is 3. The van der Waals surface area contributed by atoms with E-state index >= 15 is 0 Å². The predicted octanol–water partition coefficient (Wildman–Crippen LogP) is 5.21. The molecule has 4 aromatic rings. The summed E-state index contributed by atoms with van der Waals surface area (Å²) < 4.78 is 4.80. The lowest BCUT2D eigenvalue weighted by atomic mass is 9.86. The molecular formula is C42H48N4O6. The Morgan fingerprint density at radius 1 is 0.846 bits per heavy atom. The molecule has 5 rings (SSSR count). The zero-order valence-electron chi connectivity index (χ0n) is 30.1. The van der Waals surface area contributed by atoms with Crippen molar-refractivity contribution in [3.05, 3.63) is 143 Å². The molecule has 0 saturated carbocycles. The van der Waals surface area contributed by atoms with E-state index in [1.807, 2.05) is 142 Å². The van der Waals surface area contributed by atoms with Gasteiger partial charge in [-0.05, 0) is 38.8 Å². The summed E-state index contributed by atoms with van der Waals surface area (Å²) >= 11 is 0. The largest absolute Gasteiger partial charge is 0.453 e. The van der Waals surface area contributed by atoms with Gasteiger partial charge in [-0.25, -0.2) is 9.80 Å². The number of fused-ring (bicyclic) bond motifs is 1. The zero-order chi connectivity index (χ0) is 37.3. The van der Waals surface area contributed by atoms with E-state index in [0.29, 0.717) is 12.0 Å². The quantitative estimate of drug-likeness (QED) is 0.0952. The molecule has 0 aromatic heterocycles. The molecule has 0 spiro atoms. The van der Waals surface area contributed by atoms with Gasteiger partial charge in [0.15, 0.2) is 5.60 Å². The molecule has 4 atom stereocenters. The topological polar surface area (TPSA) is 140 Å². The molecular weight excluding hydrogens is 656 g/mol. The maximum Gasteiger partial charge on any atom is 0.407 e.